The van der Waals surface area contributed by atoms with E-state index in [0.29, 0.717) is 29.5 Å². The van der Waals surface area contributed by atoms with Gasteiger partial charge in [0.15, 0.2) is 0 Å². The number of nitrogens with zero attached hydrogens (tertiary/aromatic N) is 3. The Balaban J connectivity index is 1.25. The van der Waals surface area contributed by atoms with Crippen LogP contribution in [0.4, 0.5) is 5.69 Å². The Bertz CT molecular complexity index is 1790. The van der Waals surface area contributed by atoms with Crippen LogP contribution in [0, 0.1) is 0 Å². The number of aromatic nitrogens is 3. The van der Waals surface area contributed by atoms with E-state index in [0.717, 1.165) is 46.5 Å². The second-order valence-corrected chi connectivity index (χ2v) is 10.7. The molecular formula is C33H30ClN5O4. The van der Waals surface area contributed by atoms with Gasteiger partial charge in [-0.15, -0.1) is 0 Å². The number of carbonyl (C=O) groups excluding carboxylic acids is 1. The van der Waals surface area contributed by atoms with Crippen molar-refractivity contribution in [3.05, 3.63) is 107 Å². The molecule has 1 fully saturated rings. The summed E-state index contributed by atoms with van der Waals surface area (Å²) in [5.74, 6) is -1.63. The monoisotopic (exact) mass is 595 g/mol. The van der Waals surface area contributed by atoms with E-state index in [1.54, 1.807) is 23.0 Å². The Hall–Kier alpha value is -4.86. The first kappa shape index (κ1) is 28.3. The maximum absolute atomic E-state index is 13.0. The van der Waals surface area contributed by atoms with Crippen LogP contribution in [0.15, 0.2) is 91.3 Å². The number of amides is 1. The fourth-order valence-electron chi connectivity index (χ4n) is 5.24. The topological polar surface area (TPSA) is 112 Å². The molecule has 2 aromatic heterocycles. The number of carbonyl (C=O) groups is 2. The number of rotatable bonds is 9. The molecule has 1 aliphatic rings. The van der Waals surface area contributed by atoms with Crippen LogP contribution in [0.3, 0.4) is 0 Å². The van der Waals surface area contributed by atoms with Crippen molar-refractivity contribution in [1.82, 2.24) is 20.1 Å². The second kappa shape index (κ2) is 12.6. The molecule has 0 aliphatic carbocycles. The highest BCUT2D eigenvalue weighted by Crippen LogP contribution is 2.28. The van der Waals surface area contributed by atoms with Gasteiger partial charge in [-0.05, 0) is 48.0 Å². The molecule has 1 saturated heterocycles. The van der Waals surface area contributed by atoms with Gasteiger partial charge in [0.25, 0.3) is 0 Å². The highest BCUT2D eigenvalue weighted by molar-refractivity contribution is 6.30. The van der Waals surface area contributed by atoms with Crippen LogP contribution in [0.2, 0.25) is 5.02 Å². The van der Waals surface area contributed by atoms with E-state index in [9.17, 15) is 14.7 Å². The Morgan fingerprint density at radius 2 is 1.84 bits per heavy atom. The number of aromatic amines is 1. The molecule has 5 aromatic rings. The summed E-state index contributed by atoms with van der Waals surface area (Å²) in [6.45, 7) is 3.08. The summed E-state index contributed by atoms with van der Waals surface area (Å²) in [5.41, 5.74) is 5.85. The number of carboxylic acids is 1. The van der Waals surface area contributed by atoms with Gasteiger partial charge in [-0.3, -0.25) is 4.79 Å². The molecule has 0 radical (unpaired) electrons. The number of nitrogens with one attached hydrogen (secondary N) is 2. The summed E-state index contributed by atoms with van der Waals surface area (Å²) in [6, 6.07) is 22.0. The first-order valence-electron chi connectivity index (χ1n) is 14.0. The van der Waals surface area contributed by atoms with Gasteiger partial charge >= 0.3 is 5.97 Å². The molecule has 0 saturated carbocycles. The summed E-state index contributed by atoms with van der Waals surface area (Å²) in [5, 5.41) is 18.8. The van der Waals surface area contributed by atoms with E-state index < -0.39 is 17.9 Å². The number of ether oxygens (including phenoxy) is 1. The lowest BCUT2D eigenvalue weighted by Gasteiger charge is -2.28. The number of para-hydroxylation sites is 1. The average molecular weight is 596 g/mol. The number of anilines is 1. The van der Waals surface area contributed by atoms with Gasteiger partial charge in [0.2, 0.25) is 5.91 Å². The number of halogens is 1. The number of aliphatic carboxylic acids is 1. The largest absolute Gasteiger partial charge is 0.480 e. The molecule has 218 valence electrons. The summed E-state index contributed by atoms with van der Waals surface area (Å²) in [7, 11) is 0. The summed E-state index contributed by atoms with van der Waals surface area (Å²) >= 11 is 6.24. The van der Waals surface area contributed by atoms with Gasteiger partial charge < -0.3 is 25.0 Å². The third-order valence-corrected chi connectivity index (χ3v) is 7.70. The summed E-state index contributed by atoms with van der Waals surface area (Å²) in [6.07, 6.45) is 6.74. The van der Waals surface area contributed by atoms with Crippen molar-refractivity contribution in [2.75, 3.05) is 31.2 Å². The minimum atomic E-state index is -1.11. The molecule has 43 heavy (non-hydrogen) atoms. The Labute approximate surface area is 253 Å². The normalized spacial score (nSPS) is 14.3. The minimum absolute atomic E-state index is 0.145. The lowest BCUT2D eigenvalue weighted by molar-refractivity contribution is -0.141. The van der Waals surface area contributed by atoms with Crippen molar-refractivity contribution in [3.63, 3.8) is 0 Å². The number of morpholine rings is 1. The lowest BCUT2D eigenvalue weighted by Crippen LogP contribution is -2.41. The molecule has 1 amide bonds. The Morgan fingerprint density at radius 3 is 2.60 bits per heavy atom. The minimum Gasteiger partial charge on any atom is -0.480 e. The molecule has 3 N–H and O–H groups in total. The molecule has 0 spiro atoms. The van der Waals surface area contributed by atoms with Crippen LogP contribution in [0.1, 0.15) is 11.1 Å². The number of hydrogen-bond donors (Lipinski definition) is 3. The molecule has 3 aromatic carbocycles. The van der Waals surface area contributed by atoms with Gasteiger partial charge in [-0.25, -0.2) is 9.48 Å². The lowest BCUT2D eigenvalue weighted by atomic mass is 10.0. The van der Waals surface area contributed by atoms with E-state index >= 15 is 0 Å². The van der Waals surface area contributed by atoms with Crippen molar-refractivity contribution in [3.8, 4) is 16.9 Å². The average Bonchev–Trinajstić information content (AvgIpc) is 3.65. The predicted molar refractivity (Wildman–Crippen MR) is 168 cm³/mol. The highest BCUT2D eigenvalue weighted by Gasteiger charge is 2.21. The third kappa shape index (κ3) is 6.48. The van der Waals surface area contributed by atoms with Crippen molar-refractivity contribution in [2.45, 2.75) is 12.5 Å². The molecule has 9 nitrogen and oxygen atoms in total. The number of fused-ring (bicyclic) bond motifs is 1. The highest BCUT2D eigenvalue weighted by atomic mass is 35.5. The Morgan fingerprint density at radius 1 is 1.05 bits per heavy atom. The van der Waals surface area contributed by atoms with Gasteiger partial charge in [-0.2, -0.15) is 5.10 Å². The van der Waals surface area contributed by atoms with E-state index in [1.807, 2.05) is 60.8 Å². The molecule has 10 heteroatoms. The van der Waals surface area contributed by atoms with Gasteiger partial charge in [0.1, 0.15) is 6.04 Å². The third-order valence-electron chi connectivity index (χ3n) is 7.46. The van der Waals surface area contributed by atoms with Gasteiger partial charge in [0.05, 0.1) is 24.6 Å². The molecule has 3 heterocycles. The van der Waals surface area contributed by atoms with Crippen molar-refractivity contribution < 1.29 is 19.4 Å². The van der Waals surface area contributed by atoms with Crippen LogP contribution in [-0.4, -0.2) is 64.1 Å². The van der Waals surface area contributed by atoms with E-state index in [2.05, 4.69) is 27.3 Å². The maximum Gasteiger partial charge on any atom is 0.326 e. The fraction of sp³-hybridized carbons (Fsp3) is 0.182. The van der Waals surface area contributed by atoms with Crippen LogP contribution >= 0.6 is 11.6 Å². The van der Waals surface area contributed by atoms with E-state index in [4.69, 9.17) is 21.4 Å². The van der Waals surface area contributed by atoms with Crippen molar-refractivity contribution >= 4 is 46.1 Å². The number of H-pyrrole nitrogens is 1. The number of carboxylic acid groups (broad SMARTS) is 1. The van der Waals surface area contributed by atoms with Crippen LogP contribution in [-0.2, 0) is 20.7 Å². The molecule has 6 rings (SSSR count). The van der Waals surface area contributed by atoms with Crippen LogP contribution in [0.5, 0.6) is 0 Å². The quantitative estimate of drug-likeness (QED) is 0.198. The summed E-state index contributed by atoms with van der Waals surface area (Å²) in [4.78, 5) is 30.5. The number of hydrogen-bond acceptors (Lipinski definition) is 5. The standard InChI is InChI=1S/C33H30ClN5O4/c34-25-4-3-5-27(19-25)39-21-23(32(37-39)22-8-11-26(12-9-22)38-14-16-43-17-15-38)10-13-31(40)36-30(33(41)42)18-24-20-35-29-7-2-1-6-28(24)29/h1-13,19-21,30,35H,14-18H2,(H,36,40)(H,41,42)/b13-10-/t30-/m0/s1. The van der Waals surface area contributed by atoms with Crippen LogP contribution in [0.25, 0.3) is 33.9 Å². The SMILES string of the molecule is O=C(/C=C\c1cn(-c2cccc(Cl)c2)nc1-c1ccc(N2CCOCC2)cc1)N[C@@H](Cc1c[nH]c2ccccc12)C(=O)O. The zero-order valence-corrected chi connectivity index (χ0v) is 24.0. The molecule has 0 unspecified atom stereocenters. The van der Waals surface area contributed by atoms with Crippen molar-refractivity contribution in [2.24, 2.45) is 0 Å². The fourth-order valence-corrected chi connectivity index (χ4v) is 5.43. The molecular weight excluding hydrogens is 566 g/mol. The summed E-state index contributed by atoms with van der Waals surface area (Å²) < 4.78 is 7.19. The second-order valence-electron chi connectivity index (χ2n) is 10.3. The first-order chi connectivity index (χ1) is 20.9. The molecule has 1 aliphatic heterocycles. The maximum atomic E-state index is 13.0. The van der Waals surface area contributed by atoms with Crippen molar-refractivity contribution in [1.29, 1.82) is 0 Å². The zero-order chi connectivity index (χ0) is 29.8. The van der Waals surface area contributed by atoms with E-state index in [1.165, 1.54) is 6.08 Å². The van der Waals surface area contributed by atoms with Gasteiger partial charge in [0, 0.05) is 70.7 Å². The molecule has 0 bridgehead atoms. The van der Waals surface area contributed by atoms with E-state index in [-0.39, 0.29) is 6.42 Å². The predicted octanol–water partition coefficient (Wildman–Crippen LogP) is 5.34. The molecule has 1 atom stereocenters. The zero-order valence-electron chi connectivity index (χ0n) is 23.2. The Kier molecular flexibility index (Phi) is 8.26. The number of benzene rings is 3. The first-order valence-corrected chi connectivity index (χ1v) is 14.4. The van der Waals surface area contributed by atoms with Crippen LogP contribution < -0.4 is 10.2 Å². The van der Waals surface area contributed by atoms with Gasteiger partial charge in [-0.1, -0.05) is 48.0 Å². The smallest absolute Gasteiger partial charge is 0.326 e.